The van der Waals surface area contributed by atoms with Gasteiger partial charge in [0.1, 0.15) is 6.07 Å². The summed E-state index contributed by atoms with van der Waals surface area (Å²) >= 11 is 0. The van der Waals surface area contributed by atoms with Crippen molar-refractivity contribution >= 4 is 11.4 Å². The van der Waals surface area contributed by atoms with Gasteiger partial charge in [0.2, 0.25) is 0 Å². The molecule has 3 nitrogen and oxygen atoms in total. The van der Waals surface area contributed by atoms with Crippen LogP contribution in [-0.4, -0.2) is 6.54 Å². The van der Waals surface area contributed by atoms with Crippen LogP contribution in [0.5, 0.6) is 0 Å². The summed E-state index contributed by atoms with van der Waals surface area (Å²) in [6.45, 7) is 1.02. The van der Waals surface area contributed by atoms with E-state index in [1.54, 1.807) is 6.07 Å². The monoisotopic (exact) mass is 201 g/mol. The van der Waals surface area contributed by atoms with E-state index in [2.05, 4.69) is 11.4 Å². The number of nitrogen functional groups attached to an aromatic ring is 1. The zero-order valence-corrected chi connectivity index (χ0v) is 8.66. The van der Waals surface area contributed by atoms with Crippen molar-refractivity contribution in [3.8, 4) is 6.07 Å². The van der Waals surface area contributed by atoms with Crippen LogP contribution in [0.4, 0.5) is 11.4 Å². The van der Waals surface area contributed by atoms with Crippen LogP contribution in [0, 0.1) is 17.2 Å². The standard InChI is InChI=1S/C12H15N3/c13-7-10-4-5-11(6-12(10)14)15-8-9-2-1-3-9/h4-6,9,15H,1-3,8,14H2. The number of nitriles is 1. The summed E-state index contributed by atoms with van der Waals surface area (Å²) in [6, 6.07) is 7.56. The quantitative estimate of drug-likeness (QED) is 0.738. The predicted octanol–water partition coefficient (Wildman–Crippen LogP) is 2.35. The molecule has 1 aromatic rings. The van der Waals surface area contributed by atoms with E-state index < -0.39 is 0 Å². The van der Waals surface area contributed by atoms with E-state index in [0.29, 0.717) is 11.3 Å². The van der Waals surface area contributed by atoms with Gasteiger partial charge in [0, 0.05) is 12.2 Å². The molecule has 2 rings (SSSR count). The third kappa shape index (κ3) is 2.21. The van der Waals surface area contributed by atoms with Gasteiger partial charge in [-0.25, -0.2) is 0 Å². The molecule has 1 aliphatic carbocycles. The summed E-state index contributed by atoms with van der Waals surface area (Å²) in [5, 5.41) is 12.1. The fraction of sp³-hybridized carbons (Fsp3) is 0.417. The minimum Gasteiger partial charge on any atom is -0.398 e. The lowest BCUT2D eigenvalue weighted by Gasteiger charge is -2.25. The van der Waals surface area contributed by atoms with Crippen LogP contribution in [0.15, 0.2) is 18.2 Å². The Labute approximate surface area is 89.9 Å². The van der Waals surface area contributed by atoms with E-state index in [-0.39, 0.29) is 0 Å². The van der Waals surface area contributed by atoms with Gasteiger partial charge in [-0.15, -0.1) is 0 Å². The van der Waals surface area contributed by atoms with Gasteiger partial charge in [0.25, 0.3) is 0 Å². The molecule has 0 bridgehead atoms. The minimum absolute atomic E-state index is 0.546. The SMILES string of the molecule is N#Cc1ccc(NCC2CCC2)cc1N. The fourth-order valence-corrected chi connectivity index (χ4v) is 1.73. The second-order valence-corrected chi connectivity index (χ2v) is 4.09. The molecule has 0 aromatic heterocycles. The Kier molecular flexibility index (Phi) is 2.77. The van der Waals surface area contributed by atoms with Crippen molar-refractivity contribution in [1.82, 2.24) is 0 Å². The molecule has 1 fully saturated rings. The highest BCUT2D eigenvalue weighted by molar-refractivity contribution is 5.62. The van der Waals surface area contributed by atoms with Gasteiger partial charge in [-0.3, -0.25) is 0 Å². The van der Waals surface area contributed by atoms with Crippen LogP contribution in [0.2, 0.25) is 0 Å². The lowest BCUT2D eigenvalue weighted by atomic mass is 9.85. The lowest BCUT2D eigenvalue weighted by molar-refractivity contribution is 0.333. The van der Waals surface area contributed by atoms with Crippen LogP contribution >= 0.6 is 0 Å². The first-order valence-electron chi connectivity index (χ1n) is 5.33. The maximum absolute atomic E-state index is 8.72. The normalized spacial score (nSPS) is 15.4. The molecular formula is C12H15N3. The number of hydrogen-bond acceptors (Lipinski definition) is 3. The van der Waals surface area contributed by atoms with Gasteiger partial charge in [0.15, 0.2) is 0 Å². The van der Waals surface area contributed by atoms with Crippen molar-refractivity contribution in [3.63, 3.8) is 0 Å². The molecule has 0 atom stereocenters. The largest absolute Gasteiger partial charge is 0.398 e. The number of benzene rings is 1. The van der Waals surface area contributed by atoms with Crippen molar-refractivity contribution in [2.75, 3.05) is 17.6 Å². The molecular weight excluding hydrogens is 186 g/mol. The van der Waals surface area contributed by atoms with E-state index in [1.165, 1.54) is 19.3 Å². The minimum atomic E-state index is 0.546. The molecule has 15 heavy (non-hydrogen) atoms. The summed E-state index contributed by atoms with van der Waals surface area (Å²) in [5.41, 5.74) is 7.83. The molecule has 0 spiro atoms. The zero-order chi connectivity index (χ0) is 10.7. The van der Waals surface area contributed by atoms with Crippen LogP contribution in [0.1, 0.15) is 24.8 Å². The molecule has 3 N–H and O–H groups in total. The van der Waals surface area contributed by atoms with Gasteiger partial charge in [-0.2, -0.15) is 5.26 Å². The highest BCUT2D eigenvalue weighted by Crippen LogP contribution is 2.27. The first-order valence-corrected chi connectivity index (χ1v) is 5.33. The average Bonchev–Trinajstić information content (AvgIpc) is 2.16. The van der Waals surface area contributed by atoms with Crippen molar-refractivity contribution < 1.29 is 0 Å². The number of nitrogens with zero attached hydrogens (tertiary/aromatic N) is 1. The van der Waals surface area contributed by atoms with Crippen molar-refractivity contribution in [2.24, 2.45) is 5.92 Å². The second kappa shape index (κ2) is 4.22. The third-order valence-corrected chi connectivity index (χ3v) is 2.99. The number of anilines is 2. The molecule has 0 radical (unpaired) electrons. The highest BCUT2D eigenvalue weighted by Gasteiger charge is 2.16. The molecule has 3 heteroatoms. The summed E-state index contributed by atoms with van der Waals surface area (Å²) in [7, 11) is 0. The summed E-state index contributed by atoms with van der Waals surface area (Å²) in [6.07, 6.45) is 4.03. The van der Waals surface area contributed by atoms with E-state index >= 15 is 0 Å². The van der Waals surface area contributed by atoms with Crippen molar-refractivity contribution in [2.45, 2.75) is 19.3 Å². The van der Waals surface area contributed by atoms with Gasteiger partial charge in [-0.1, -0.05) is 6.42 Å². The summed E-state index contributed by atoms with van der Waals surface area (Å²) < 4.78 is 0. The lowest BCUT2D eigenvalue weighted by Crippen LogP contribution is -2.20. The molecule has 1 saturated carbocycles. The molecule has 78 valence electrons. The number of nitrogens with two attached hydrogens (primary N) is 1. The Morgan fingerprint density at radius 2 is 2.27 bits per heavy atom. The highest BCUT2D eigenvalue weighted by atomic mass is 14.9. The fourth-order valence-electron chi connectivity index (χ4n) is 1.73. The first kappa shape index (κ1) is 9.85. The van der Waals surface area contributed by atoms with Crippen LogP contribution < -0.4 is 11.1 Å². The molecule has 0 heterocycles. The van der Waals surface area contributed by atoms with E-state index in [1.807, 2.05) is 12.1 Å². The van der Waals surface area contributed by atoms with Gasteiger partial charge >= 0.3 is 0 Å². The molecule has 0 amide bonds. The van der Waals surface area contributed by atoms with Gasteiger partial charge in [0.05, 0.1) is 11.3 Å². The summed E-state index contributed by atoms with van der Waals surface area (Å²) in [4.78, 5) is 0. The van der Waals surface area contributed by atoms with E-state index in [0.717, 1.165) is 18.2 Å². The Morgan fingerprint density at radius 3 is 2.80 bits per heavy atom. The third-order valence-electron chi connectivity index (χ3n) is 2.99. The summed E-state index contributed by atoms with van der Waals surface area (Å²) in [5.74, 6) is 0.821. The maximum atomic E-state index is 8.72. The van der Waals surface area contributed by atoms with Crippen LogP contribution in [0.25, 0.3) is 0 Å². The van der Waals surface area contributed by atoms with E-state index in [9.17, 15) is 0 Å². The maximum Gasteiger partial charge on any atom is 0.101 e. The van der Waals surface area contributed by atoms with Crippen molar-refractivity contribution in [3.05, 3.63) is 23.8 Å². The molecule has 0 saturated heterocycles. The zero-order valence-electron chi connectivity index (χ0n) is 8.66. The van der Waals surface area contributed by atoms with Crippen molar-refractivity contribution in [1.29, 1.82) is 5.26 Å². The second-order valence-electron chi connectivity index (χ2n) is 4.09. The number of rotatable bonds is 3. The molecule has 1 aliphatic rings. The topological polar surface area (TPSA) is 61.8 Å². The van der Waals surface area contributed by atoms with Gasteiger partial charge in [-0.05, 0) is 37.0 Å². The average molecular weight is 201 g/mol. The number of nitrogens with one attached hydrogen (secondary N) is 1. The molecule has 1 aromatic carbocycles. The first-order chi connectivity index (χ1) is 7.29. The Morgan fingerprint density at radius 1 is 1.47 bits per heavy atom. The molecule has 0 aliphatic heterocycles. The van der Waals surface area contributed by atoms with Gasteiger partial charge < -0.3 is 11.1 Å². The van der Waals surface area contributed by atoms with E-state index in [4.69, 9.17) is 11.0 Å². The van der Waals surface area contributed by atoms with Crippen LogP contribution in [-0.2, 0) is 0 Å². The Bertz CT molecular complexity index is 388. The number of hydrogen-bond donors (Lipinski definition) is 2. The Hall–Kier alpha value is -1.69. The Balaban J connectivity index is 1.97. The molecule has 0 unspecified atom stereocenters. The smallest absolute Gasteiger partial charge is 0.101 e. The van der Waals surface area contributed by atoms with Crippen LogP contribution in [0.3, 0.4) is 0 Å². The predicted molar refractivity (Wildman–Crippen MR) is 61.4 cm³/mol.